The van der Waals surface area contributed by atoms with E-state index in [9.17, 15) is 9.90 Å². The molecular formula is C14H22N2O2. The van der Waals surface area contributed by atoms with Crippen molar-refractivity contribution in [3.8, 4) is 0 Å². The van der Waals surface area contributed by atoms with Gasteiger partial charge in [0.15, 0.2) is 0 Å². The van der Waals surface area contributed by atoms with Gasteiger partial charge in [0.2, 0.25) is 0 Å². The van der Waals surface area contributed by atoms with Crippen LogP contribution in [0.1, 0.15) is 34.0 Å². The molecule has 100 valence electrons. The Morgan fingerprint density at radius 3 is 2.28 bits per heavy atom. The molecule has 1 aromatic rings. The van der Waals surface area contributed by atoms with Crippen LogP contribution in [0.4, 0.5) is 0 Å². The molecule has 4 N–H and O–H groups in total. The Balaban J connectivity index is 2.79. The molecule has 1 amide bonds. The van der Waals surface area contributed by atoms with Gasteiger partial charge in [-0.3, -0.25) is 4.79 Å². The number of carbonyl (C=O) groups excluding carboxylic acids is 1. The third-order valence-corrected chi connectivity index (χ3v) is 3.02. The van der Waals surface area contributed by atoms with Crippen molar-refractivity contribution in [2.24, 2.45) is 5.73 Å². The van der Waals surface area contributed by atoms with Gasteiger partial charge in [0.1, 0.15) is 0 Å². The first-order valence-corrected chi connectivity index (χ1v) is 6.12. The molecule has 0 saturated carbocycles. The van der Waals surface area contributed by atoms with E-state index in [0.29, 0.717) is 5.56 Å². The van der Waals surface area contributed by atoms with Crippen molar-refractivity contribution < 1.29 is 9.90 Å². The summed E-state index contributed by atoms with van der Waals surface area (Å²) >= 11 is 0. The van der Waals surface area contributed by atoms with Crippen LogP contribution in [0.3, 0.4) is 0 Å². The van der Waals surface area contributed by atoms with Gasteiger partial charge in [-0.15, -0.1) is 0 Å². The number of amides is 1. The highest BCUT2D eigenvalue weighted by Crippen LogP contribution is 2.16. The van der Waals surface area contributed by atoms with E-state index >= 15 is 0 Å². The van der Waals surface area contributed by atoms with Crippen LogP contribution in [0.2, 0.25) is 0 Å². The maximum atomic E-state index is 12.1. The molecule has 0 saturated heterocycles. The van der Waals surface area contributed by atoms with Crippen LogP contribution < -0.4 is 11.1 Å². The molecule has 1 aromatic carbocycles. The van der Waals surface area contributed by atoms with Gasteiger partial charge in [-0.25, -0.2) is 0 Å². The summed E-state index contributed by atoms with van der Waals surface area (Å²) in [4.78, 5) is 12.1. The number of hydrogen-bond donors (Lipinski definition) is 3. The second-order valence-electron chi connectivity index (χ2n) is 4.89. The molecular weight excluding hydrogens is 228 g/mol. The summed E-state index contributed by atoms with van der Waals surface area (Å²) in [6.45, 7) is 7.72. The van der Waals surface area contributed by atoms with Gasteiger partial charge in [0.25, 0.3) is 5.91 Å². The number of aryl methyl sites for hydroxylation is 3. The minimum atomic E-state index is -0.634. The zero-order valence-electron chi connectivity index (χ0n) is 11.4. The normalized spacial score (nSPS) is 14.1. The lowest BCUT2D eigenvalue weighted by atomic mass is 9.99. The highest BCUT2D eigenvalue weighted by Gasteiger charge is 2.15. The molecule has 0 aromatic heterocycles. The first-order valence-electron chi connectivity index (χ1n) is 6.12. The average molecular weight is 250 g/mol. The van der Waals surface area contributed by atoms with Crippen molar-refractivity contribution >= 4 is 5.91 Å². The first-order chi connectivity index (χ1) is 8.32. The Hall–Kier alpha value is -1.39. The molecule has 0 radical (unpaired) electrons. The largest absolute Gasteiger partial charge is 0.392 e. The van der Waals surface area contributed by atoms with Crippen molar-refractivity contribution in [2.45, 2.75) is 39.8 Å². The lowest BCUT2D eigenvalue weighted by Crippen LogP contribution is -2.43. The van der Waals surface area contributed by atoms with Gasteiger partial charge < -0.3 is 16.2 Å². The van der Waals surface area contributed by atoms with Crippen LogP contribution in [-0.2, 0) is 0 Å². The standard InChI is InChI=1S/C14H22N2O2/c1-8-5-9(2)13(10(3)6-8)14(18)16-7-12(15)11(4)17/h5-6,11-12,17H,7,15H2,1-4H3,(H,16,18). The molecule has 4 nitrogen and oxygen atoms in total. The smallest absolute Gasteiger partial charge is 0.251 e. The molecule has 0 bridgehead atoms. The number of carbonyl (C=O) groups is 1. The van der Waals surface area contributed by atoms with Crippen LogP contribution in [-0.4, -0.2) is 29.7 Å². The summed E-state index contributed by atoms with van der Waals surface area (Å²) in [6, 6.07) is 3.52. The Morgan fingerprint density at radius 2 is 1.83 bits per heavy atom. The van der Waals surface area contributed by atoms with Crippen LogP contribution in [0.25, 0.3) is 0 Å². The zero-order valence-corrected chi connectivity index (χ0v) is 11.4. The number of hydrogen-bond acceptors (Lipinski definition) is 3. The fourth-order valence-corrected chi connectivity index (χ4v) is 2.01. The predicted molar refractivity (Wildman–Crippen MR) is 72.6 cm³/mol. The van der Waals surface area contributed by atoms with Crippen molar-refractivity contribution in [1.29, 1.82) is 0 Å². The molecule has 0 aliphatic rings. The number of rotatable bonds is 4. The van der Waals surface area contributed by atoms with E-state index < -0.39 is 12.1 Å². The minimum absolute atomic E-state index is 0.138. The predicted octanol–water partition coefficient (Wildman–Crippen LogP) is 1.05. The number of benzene rings is 1. The van der Waals surface area contributed by atoms with Gasteiger partial charge >= 0.3 is 0 Å². The van der Waals surface area contributed by atoms with Gasteiger partial charge in [0, 0.05) is 18.2 Å². The summed E-state index contributed by atoms with van der Waals surface area (Å²) in [5.74, 6) is -0.138. The van der Waals surface area contributed by atoms with E-state index in [1.54, 1.807) is 6.92 Å². The fourth-order valence-electron chi connectivity index (χ4n) is 2.01. The molecule has 0 fully saturated rings. The van der Waals surface area contributed by atoms with E-state index in [0.717, 1.165) is 16.7 Å². The van der Waals surface area contributed by atoms with Gasteiger partial charge in [-0.1, -0.05) is 17.7 Å². The minimum Gasteiger partial charge on any atom is -0.392 e. The highest BCUT2D eigenvalue weighted by atomic mass is 16.3. The number of aliphatic hydroxyl groups excluding tert-OH is 1. The molecule has 18 heavy (non-hydrogen) atoms. The summed E-state index contributed by atoms with van der Waals surface area (Å²) in [7, 11) is 0. The van der Waals surface area contributed by atoms with Crippen molar-refractivity contribution in [1.82, 2.24) is 5.32 Å². The summed E-state index contributed by atoms with van der Waals surface area (Å²) in [5, 5.41) is 12.0. The Kier molecular flexibility index (Phi) is 4.87. The van der Waals surface area contributed by atoms with E-state index in [2.05, 4.69) is 5.32 Å². The van der Waals surface area contributed by atoms with Gasteiger partial charge in [0.05, 0.1) is 6.10 Å². The van der Waals surface area contributed by atoms with Crippen LogP contribution >= 0.6 is 0 Å². The SMILES string of the molecule is Cc1cc(C)c(C(=O)NCC(N)C(C)O)c(C)c1. The lowest BCUT2D eigenvalue weighted by molar-refractivity contribution is 0.0936. The maximum absolute atomic E-state index is 12.1. The van der Waals surface area contributed by atoms with Gasteiger partial charge in [-0.05, 0) is 38.8 Å². The molecule has 2 atom stereocenters. The Bertz CT molecular complexity index is 418. The van der Waals surface area contributed by atoms with E-state index in [4.69, 9.17) is 5.73 Å². The van der Waals surface area contributed by atoms with Crippen LogP contribution in [0, 0.1) is 20.8 Å². The molecule has 1 rings (SSSR count). The molecule has 0 aliphatic carbocycles. The topological polar surface area (TPSA) is 75.4 Å². The first kappa shape index (κ1) is 14.7. The zero-order chi connectivity index (χ0) is 13.9. The molecule has 0 aliphatic heterocycles. The van der Waals surface area contributed by atoms with E-state index in [-0.39, 0.29) is 12.5 Å². The van der Waals surface area contributed by atoms with E-state index in [1.807, 2.05) is 32.9 Å². The maximum Gasteiger partial charge on any atom is 0.251 e. The second kappa shape index (κ2) is 5.98. The Labute approximate surface area is 108 Å². The quantitative estimate of drug-likeness (QED) is 0.747. The van der Waals surface area contributed by atoms with Crippen LogP contribution in [0.5, 0.6) is 0 Å². The van der Waals surface area contributed by atoms with Crippen molar-refractivity contribution in [3.63, 3.8) is 0 Å². The fraction of sp³-hybridized carbons (Fsp3) is 0.500. The third-order valence-electron chi connectivity index (χ3n) is 3.02. The molecule has 4 heteroatoms. The number of nitrogens with one attached hydrogen (secondary N) is 1. The molecule has 2 unspecified atom stereocenters. The number of nitrogens with two attached hydrogens (primary N) is 1. The monoisotopic (exact) mass is 250 g/mol. The number of aliphatic hydroxyl groups is 1. The molecule has 0 heterocycles. The second-order valence-corrected chi connectivity index (χ2v) is 4.89. The van der Waals surface area contributed by atoms with E-state index in [1.165, 1.54) is 0 Å². The third kappa shape index (κ3) is 3.55. The van der Waals surface area contributed by atoms with Gasteiger partial charge in [-0.2, -0.15) is 0 Å². The Morgan fingerprint density at radius 1 is 1.33 bits per heavy atom. The average Bonchev–Trinajstić information content (AvgIpc) is 2.24. The summed E-state index contributed by atoms with van der Waals surface area (Å²) in [6.07, 6.45) is -0.634. The van der Waals surface area contributed by atoms with Crippen molar-refractivity contribution in [2.75, 3.05) is 6.54 Å². The van der Waals surface area contributed by atoms with Crippen molar-refractivity contribution in [3.05, 3.63) is 34.4 Å². The lowest BCUT2D eigenvalue weighted by Gasteiger charge is -2.17. The van der Waals surface area contributed by atoms with Crippen LogP contribution in [0.15, 0.2) is 12.1 Å². The summed E-state index contributed by atoms with van der Waals surface area (Å²) < 4.78 is 0. The molecule has 0 spiro atoms. The summed E-state index contributed by atoms with van der Waals surface area (Å²) in [5.41, 5.74) is 9.42. The highest BCUT2D eigenvalue weighted by molar-refractivity contribution is 5.97.